The van der Waals surface area contributed by atoms with Crippen molar-refractivity contribution < 1.29 is 30.6 Å². The average molecular weight is 348 g/mol. The summed E-state index contributed by atoms with van der Waals surface area (Å²) in [6.07, 6.45) is 1.55. The second kappa shape index (κ2) is 6.27. The van der Waals surface area contributed by atoms with E-state index in [9.17, 15) is 30.6 Å². The van der Waals surface area contributed by atoms with Gasteiger partial charge >= 0.3 is 0 Å². The lowest BCUT2D eigenvalue weighted by Gasteiger charge is -2.29. The van der Waals surface area contributed by atoms with Crippen molar-refractivity contribution in [1.29, 1.82) is 0 Å². The molecule has 0 aliphatic heterocycles. The summed E-state index contributed by atoms with van der Waals surface area (Å²) in [5.74, 6) is -3.59. The summed E-state index contributed by atoms with van der Waals surface area (Å²) in [5, 5.41) is 60.3. The van der Waals surface area contributed by atoms with E-state index in [0.717, 1.165) is 6.42 Å². The third kappa shape index (κ3) is 2.99. The maximum Gasteiger partial charge on any atom is 0.200 e. The molecule has 0 aromatic heterocycles. The van der Waals surface area contributed by atoms with E-state index in [1.165, 1.54) is 12.1 Å². The Bertz CT molecular complexity index is 824. The number of aryl methyl sites for hydroxylation is 1. The number of phenols is 6. The van der Waals surface area contributed by atoms with Crippen molar-refractivity contribution in [3.8, 4) is 45.6 Å². The Kier molecular flexibility index (Phi) is 4.66. The SMILES string of the molecule is CCCC(C)(C)c1cc(O)c(O)c(O)c1-c1c(C)cc(O)c(O)c1O. The first-order chi connectivity index (χ1) is 11.5. The van der Waals surface area contributed by atoms with Gasteiger partial charge in [-0.15, -0.1) is 0 Å². The van der Waals surface area contributed by atoms with Crippen molar-refractivity contribution in [2.24, 2.45) is 0 Å². The largest absolute Gasteiger partial charge is 0.504 e. The normalized spacial score (nSPS) is 11.7. The molecule has 2 rings (SSSR count). The van der Waals surface area contributed by atoms with Crippen LogP contribution in [0.1, 0.15) is 44.7 Å². The Hall–Kier alpha value is -2.76. The van der Waals surface area contributed by atoms with Crippen LogP contribution in [0.5, 0.6) is 34.5 Å². The van der Waals surface area contributed by atoms with Crippen LogP contribution in [0.4, 0.5) is 0 Å². The summed E-state index contributed by atoms with van der Waals surface area (Å²) >= 11 is 0. The Morgan fingerprint density at radius 1 is 0.760 bits per heavy atom. The monoisotopic (exact) mass is 348 g/mol. The van der Waals surface area contributed by atoms with Crippen molar-refractivity contribution in [3.05, 3.63) is 23.3 Å². The lowest BCUT2D eigenvalue weighted by Crippen LogP contribution is -2.18. The van der Waals surface area contributed by atoms with E-state index in [4.69, 9.17) is 0 Å². The topological polar surface area (TPSA) is 121 Å². The maximum atomic E-state index is 10.5. The molecule has 0 bridgehead atoms. The highest BCUT2D eigenvalue weighted by Crippen LogP contribution is 2.54. The predicted octanol–water partition coefficient (Wildman–Crippen LogP) is 3.97. The molecule has 0 atom stereocenters. The Morgan fingerprint density at radius 2 is 1.24 bits per heavy atom. The molecule has 0 aliphatic carbocycles. The van der Waals surface area contributed by atoms with Gasteiger partial charge in [-0.25, -0.2) is 0 Å². The van der Waals surface area contributed by atoms with Gasteiger partial charge in [-0.05, 0) is 42.0 Å². The van der Waals surface area contributed by atoms with Gasteiger partial charge in [0.05, 0.1) is 0 Å². The van der Waals surface area contributed by atoms with E-state index in [0.29, 0.717) is 17.5 Å². The van der Waals surface area contributed by atoms with Crippen molar-refractivity contribution in [2.75, 3.05) is 0 Å². The summed E-state index contributed by atoms with van der Waals surface area (Å²) < 4.78 is 0. The van der Waals surface area contributed by atoms with Crippen LogP contribution in [0.2, 0.25) is 0 Å². The molecule has 0 saturated carbocycles. The molecule has 0 heterocycles. The van der Waals surface area contributed by atoms with Crippen molar-refractivity contribution >= 4 is 0 Å². The molecule has 0 radical (unpaired) electrons. The van der Waals surface area contributed by atoms with Crippen molar-refractivity contribution in [2.45, 2.75) is 46.0 Å². The first-order valence-electron chi connectivity index (χ1n) is 8.06. The van der Waals surface area contributed by atoms with Crippen LogP contribution in [0.15, 0.2) is 12.1 Å². The van der Waals surface area contributed by atoms with Crippen LogP contribution >= 0.6 is 0 Å². The molecule has 0 fully saturated rings. The van der Waals surface area contributed by atoms with Crippen molar-refractivity contribution in [3.63, 3.8) is 0 Å². The second-order valence-electron chi connectivity index (χ2n) is 6.93. The zero-order chi connectivity index (χ0) is 19.1. The van der Waals surface area contributed by atoms with Crippen LogP contribution in [-0.4, -0.2) is 30.6 Å². The summed E-state index contributed by atoms with van der Waals surface area (Å²) in [7, 11) is 0. The van der Waals surface area contributed by atoms with Crippen molar-refractivity contribution in [1.82, 2.24) is 0 Å². The number of rotatable bonds is 4. The van der Waals surface area contributed by atoms with Gasteiger partial charge < -0.3 is 30.6 Å². The molecule has 0 aliphatic rings. The molecule has 0 unspecified atom stereocenters. The molecule has 0 amide bonds. The summed E-state index contributed by atoms with van der Waals surface area (Å²) in [6, 6.07) is 2.60. The van der Waals surface area contributed by atoms with Gasteiger partial charge in [0.2, 0.25) is 11.5 Å². The third-order valence-electron chi connectivity index (χ3n) is 4.56. The summed E-state index contributed by atoms with van der Waals surface area (Å²) in [6.45, 7) is 7.42. The second-order valence-corrected chi connectivity index (χ2v) is 6.93. The van der Waals surface area contributed by atoms with Crippen LogP contribution in [0.25, 0.3) is 11.1 Å². The minimum Gasteiger partial charge on any atom is -0.504 e. The molecule has 6 heteroatoms. The molecule has 136 valence electrons. The number of hydrogen-bond donors (Lipinski definition) is 6. The van der Waals surface area contributed by atoms with E-state index in [-0.39, 0.29) is 11.1 Å². The fraction of sp³-hybridized carbons (Fsp3) is 0.368. The minimum absolute atomic E-state index is 0.0854. The highest BCUT2D eigenvalue weighted by Gasteiger charge is 2.31. The van der Waals surface area contributed by atoms with E-state index < -0.39 is 39.9 Å². The first kappa shape index (κ1) is 18.6. The molecule has 25 heavy (non-hydrogen) atoms. The standard InChI is InChI=1S/C19H24O6/c1-5-6-19(3,4)10-8-12(21)16(23)18(25)14(10)13-9(2)7-11(20)15(22)17(13)24/h7-8,20-25H,5-6H2,1-4H3. The van der Waals surface area contributed by atoms with Crippen LogP contribution in [-0.2, 0) is 5.41 Å². The van der Waals surface area contributed by atoms with Gasteiger partial charge in [-0.3, -0.25) is 0 Å². The number of aromatic hydroxyl groups is 6. The van der Waals surface area contributed by atoms with Gasteiger partial charge in [0.25, 0.3) is 0 Å². The van der Waals surface area contributed by atoms with Crippen LogP contribution < -0.4 is 0 Å². The van der Waals surface area contributed by atoms with Gasteiger partial charge in [-0.1, -0.05) is 27.2 Å². The van der Waals surface area contributed by atoms with Crippen LogP contribution in [0, 0.1) is 6.92 Å². The van der Waals surface area contributed by atoms with Gasteiger partial charge in [0.1, 0.15) is 0 Å². The molecule has 0 saturated heterocycles. The van der Waals surface area contributed by atoms with E-state index >= 15 is 0 Å². The lowest BCUT2D eigenvalue weighted by atomic mass is 9.76. The number of benzene rings is 2. The smallest absolute Gasteiger partial charge is 0.200 e. The maximum absolute atomic E-state index is 10.5. The fourth-order valence-electron chi connectivity index (χ4n) is 3.28. The van der Waals surface area contributed by atoms with E-state index in [1.807, 2.05) is 20.8 Å². The zero-order valence-corrected chi connectivity index (χ0v) is 14.8. The molecule has 6 N–H and O–H groups in total. The lowest BCUT2D eigenvalue weighted by molar-refractivity contribution is 0.361. The van der Waals surface area contributed by atoms with Gasteiger partial charge in [-0.2, -0.15) is 0 Å². The fourth-order valence-corrected chi connectivity index (χ4v) is 3.28. The Labute approximate surface area is 146 Å². The van der Waals surface area contributed by atoms with E-state index in [2.05, 4.69) is 0 Å². The highest BCUT2D eigenvalue weighted by molar-refractivity contribution is 5.87. The molecule has 2 aromatic carbocycles. The predicted molar refractivity (Wildman–Crippen MR) is 94.5 cm³/mol. The first-order valence-corrected chi connectivity index (χ1v) is 8.06. The molecular formula is C19H24O6. The van der Waals surface area contributed by atoms with E-state index in [1.54, 1.807) is 6.92 Å². The van der Waals surface area contributed by atoms with Gasteiger partial charge in [0.15, 0.2) is 23.0 Å². The summed E-state index contributed by atoms with van der Waals surface area (Å²) in [5.41, 5.74) is 0.591. The number of phenolic OH excluding ortho intramolecular Hbond substituents is 6. The molecule has 6 nitrogen and oxygen atoms in total. The van der Waals surface area contributed by atoms with Crippen LogP contribution in [0.3, 0.4) is 0 Å². The average Bonchev–Trinajstić information content (AvgIpc) is 2.52. The molecule has 2 aromatic rings. The van der Waals surface area contributed by atoms with Gasteiger partial charge in [0, 0.05) is 11.1 Å². The summed E-state index contributed by atoms with van der Waals surface area (Å²) in [4.78, 5) is 0. The number of hydrogen-bond acceptors (Lipinski definition) is 6. The quantitative estimate of drug-likeness (QED) is 0.465. The minimum atomic E-state index is -0.716. The Balaban J connectivity index is 2.96. The third-order valence-corrected chi connectivity index (χ3v) is 4.56. The highest BCUT2D eigenvalue weighted by atomic mass is 16.3. The molecular weight excluding hydrogens is 324 g/mol. The Morgan fingerprint density at radius 3 is 1.76 bits per heavy atom. The molecule has 0 spiro atoms. The zero-order valence-electron chi connectivity index (χ0n) is 14.8.